The van der Waals surface area contributed by atoms with Crippen LogP contribution in [0.2, 0.25) is 0 Å². The number of halogens is 1. The fourth-order valence-corrected chi connectivity index (χ4v) is 3.94. The Kier molecular flexibility index (Phi) is 7.71. The minimum Gasteiger partial charge on any atom is -0.497 e. The van der Waals surface area contributed by atoms with E-state index in [-0.39, 0.29) is 30.4 Å². The van der Waals surface area contributed by atoms with Crippen LogP contribution in [-0.4, -0.2) is 60.1 Å². The molecule has 2 atom stereocenters. The van der Waals surface area contributed by atoms with Gasteiger partial charge in [0.25, 0.3) is 0 Å². The van der Waals surface area contributed by atoms with Gasteiger partial charge in [0.1, 0.15) is 35.4 Å². The number of thioether (sulfide) groups is 1. The number of rotatable bonds is 7. The van der Waals surface area contributed by atoms with E-state index in [0.29, 0.717) is 12.2 Å². The van der Waals surface area contributed by atoms with Crippen LogP contribution in [-0.2, 0) is 14.3 Å². The summed E-state index contributed by atoms with van der Waals surface area (Å²) in [6.07, 6.45) is 0.547. The van der Waals surface area contributed by atoms with Gasteiger partial charge in [-0.25, -0.2) is 4.79 Å². The monoisotopic (exact) mass is 387 g/mol. The van der Waals surface area contributed by atoms with E-state index in [0.717, 1.165) is 11.5 Å². The normalized spacial score (nSPS) is 20.0. The Balaban J connectivity index is 2.07. The topological polar surface area (TPSA) is 65.1 Å². The van der Waals surface area contributed by atoms with Crippen LogP contribution in [0.3, 0.4) is 0 Å². The summed E-state index contributed by atoms with van der Waals surface area (Å²) in [5, 5.41) is -0.295. The first-order valence-electron chi connectivity index (χ1n) is 8.03. The fourth-order valence-electron chi connectivity index (χ4n) is 2.58. The molecule has 0 bridgehead atoms. The summed E-state index contributed by atoms with van der Waals surface area (Å²) in [6, 6.07) is 6.57. The first-order chi connectivity index (χ1) is 12.1. The van der Waals surface area contributed by atoms with Gasteiger partial charge in [-0.3, -0.25) is 4.79 Å². The predicted molar refractivity (Wildman–Crippen MR) is 97.3 cm³/mol. The minimum atomic E-state index is -0.614. The average molecular weight is 388 g/mol. The second-order valence-electron chi connectivity index (χ2n) is 5.30. The molecule has 0 spiro atoms. The van der Waals surface area contributed by atoms with Gasteiger partial charge in [0, 0.05) is 0 Å². The molecule has 0 aliphatic carbocycles. The van der Waals surface area contributed by atoms with E-state index in [4.69, 9.17) is 25.8 Å². The largest absolute Gasteiger partial charge is 0.497 e. The lowest BCUT2D eigenvalue weighted by atomic mass is 10.2. The van der Waals surface area contributed by atoms with Gasteiger partial charge >= 0.3 is 5.97 Å². The van der Waals surface area contributed by atoms with Gasteiger partial charge in [-0.15, -0.1) is 23.4 Å². The van der Waals surface area contributed by atoms with E-state index < -0.39 is 12.0 Å². The van der Waals surface area contributed by atoms with Crippen LogP contribution in [0.4, 0.5) is 0 Å². The number of amides is 1. The van der Waals surface area contributed by atoms with E-state index >= 15 is 0 Å². The molecule has 1 saturated heterocycles. The van der Waals surface area contributed by atoms with Crippen molar-refractivity contribution in [2.24, 2.45) is 0 Å². The zero-order valence-corrected chi connectivity index (χ0v) is 15.8. The number of nitrogens with zero attached hydrogens (tertiary/aromatic N) is 1. The third kappa shape index (κ3) is 5.19. The Labute approximate surface area is 156 Å². The molecule has 2 rings (SSSR count). The number of esters is 1. The molecular formula is C17H22ClNO5S. The first kappa shape index (κ1) is 19.7. The van der Waals surface area contributed by atoms with Crippen molar-refractivity contribution < 1.29 is 23.8 Å². The fraction of sp³-hybridized carbons (Fsp3) is 0.529. The molecule has 1 aromatic rings. The van der Waals surface area contributed by atoms with E-state index in [2.05, 4.69) is 0 Å². The summed E-state index contributed by atoms with van der Waals surface area (Å²) in [5.41, 5.74) is 0. The van der Waals surface area contributed by atoms with Crippen molar-refractivity contribution in [3.63, 3.8) is 0 Å². The van der Waals surface area contributed by atoms with Crippen molar-refractivity contribution in [3.05, 3.63) is 24.3 Å². The Morgan fingerprint density at radius 3 is 2.56 bits per heavy atom. The highest BCUT2D eigenvalue weighted by atomic mass is 35.5. The summed E-state index contributed by atoms with van der Waals surface area (Å²) >= 11 is 7.31. The average Bonchev–Trinajstić information content (AvgIpc) is 2.66. The summed E-state index contributed by atoms with van der Waals surface area (Å²) in [6.45, 7) is 2.28. The van der Waals surface area contributed by atoms with Crippen molar-refractivity contribution in [2.75, 3.05) is 32.0 Å². The van der Waals surface area contributed by atoms with E-state index in [1.54, 1.807) is 50.1 Å². The number of benzene rings is 1. The van der Waals surface area contributed by atoms with Gasteiger partial charge in [-0.05, 0) is 43.4 Å². The van der Waals surface area contributed by atoms with Gasteiger partial charge in [0.2, 0.25) is 5.91 Å². The Morgan fingerprint density at radius 2 is 1.96 bits per heavy atom. The number of ether oxygens (including phenoxy) is 3. The summed E-state index contributed by atoms with van der Waals surface area (Å²) in [5.74, 6) is 1.27. The number of carbonyl (C=O) groups is 2. The lowest BCUT2D eigenvalue weighted by molar-refractivity contribution is -0.155. The Hall–Kier alpha value is -1.60. The van der Waals surface area contributed by atoms with E-state index in [1.807, 2.05) is 0 Å². The maximum atomic E-state index is 12.3. The molecule has 1 aromatic carbocycles. The zero-order chi connectivity index (χ0) is 18.2. The number of hydrogen-bond donors (Lipinski definition) is 0. The van der Waals surface area contributed by atoms with Gasteiger partial charge in [-0.2, -0.15) is 0 Å². The first-order valence-corrected chi connectivity index (χ1v) is 9.61. The highest BCUT2D eigenvalue weighted by Gasteiger charge is 2.39. The van der Waals surface area contributed by atoms with Crippen molar-refractivity contribution in [2.45, 2.75) is 24.8 Å². The van der Waals surface area contributed by atoms with Crippen molar-refractivity contribution >= 4 is 35.2 Å². The molecule has 138 valence electrons. The quantitative estimate of drug-likeness (QED) is 0.529. The third-order valence-corrected chi connectivity index (χ3v) is 5.21. The van der Waals surface area contributed by atoms with Crippen LogP contribution in [0.5, 0.6) is 11.5 Å². The maximum Gasteiger partial charge on any atom is 0.328 e. The molecule has 1 fully saturated rings. The summed E-state index contributed by atoms with van der Waals surface area (Å²) in [7, 11) is 1.60. The molecule has 0 radical (unpaired) electrons. The highest BCUT2D eigenvalue weighted by Crippen LogP contribution is 2.30. The lowest BCUT2D eigenvalue weighted by Gasteiger charge is -2.39. The Morgan fingerprint density at radius 1 is 1.28 bits per heavy atom. The van der Waals surface area contributed by atoms with Crippen molar-refractivity contribution in [1.29, 1.82) is 0 Å². The molecular weight excluding hydrogens is 366 g/mol. The second kappa shape index (κ2) is 9.77. The summed E-state index contributed by atoms with van der Waals surface area (Å²) in [4.78, 5) is 26.0. The van der Waals surface area contributed by atoms with Gasteiger partial charge in [0.15, 0.2) is 0 Å². The van der Waals surface area contributed by atoms with Crippen LogP contribution in [0.25, 0.3) is 0 Å². The maximum absolute atomic E-state index is 12.3. The summed E-state index contributed by atoms with van der Waals surface area (Å²) < 4.78 is 16.0. The molecule has 1 aliphatic heterocycles. The molecule has 0 N–H and O–H groups in total. The minimum absolute atomic E-state index is 0.185. The third-order valence-electron chi connectivity index (χ3n) is 3.76. The molecule has 0 aromatic heterocycles. The molecule has 2 unspecified atom stereocenters. The smallest absolute Gasteiger partial charge is 0.328 e. The highest BCUT2D eigenvalue weighted by molar-refractivity contribution is 7.99. The Bertz CT molecular complexity index is 583. The van der Waals surface area contributed by atoms with Crippen LogP contribution in [0, 0.1) is 0 Å². The predicted octanol–water partition coefficient (Wildman–Crippen LogP) is 2.54. The van der Waals surface area contributed by atoms with Crippen LogP contribution in [0.1, 0.15) is 13.3 Å². The van der Waals surface area contributed by atoms with E-state index in [1.165, 1.54) is 4.90 Å². The SMILES string of the molecule is CCOC(=O)C1CCSC(COc2ccc(OC)cc2)N1C(=O)CCl. The number of carbonyl (C=O) groups excluding carboxylic acids is 2. The standard InChI is InChI=1S/C17H22ClNO5S/c1-3-23-17(21)14-8-9-25-16(19(14)15(20)10-18)11-24-13-6-4-12(22-2)5-7-13/h4-7,14,16H,3,8-11H2,1-2H3. The van der Waals surface area contributed by atoms with Crippen LogP contribution in [0.15, 0.2) is 24.3 Å². The molecule has 8 heteroatoms. The zero-order valence-electron chi connectivity index (χ0n) is 14.3. The number of methoxy groups -OCH3 is 1. The van der Waals surface area contributed by atoms with Crippen LogP contribution < -0.4 is 9.47 Å². The molecule has 6 nitrogen and oxygen atoms in total. The molecule has 0 saturated carbocycles. The van der Waals surface area contributed by atoms with Crippen molar-refractivity contribution in [3.8, 4) is 11.5 Å². The van der Waals surface area contributed by atoms with Gasteiger partial charge in [0.05, 0.1) is 13.7 Å². The molecule has 25 heavy (non-hydrogen) atoms. The van der Waals surface area contributed by atoms with Gasteiger partial charge < -0.3 is 19.1 Å². The van der Waals surface area contributed by atoms with Crippen molar-refractivity contribution in [1.82, 2.24) is 4.90 Å². The van der Waals surface area contributed by atoms with E-state index in [9.17, 15) is 9.59 Å². The molecule has 1 amide bonds. The van der Waals surface area contributed by atoms with Crippen LogP contribution >= 0.6 is 23.4 Å². The number of hydrogen-bond acceptors (Lipinski definition) is 6. The molecule has 1 heterocycles. The second-order valence-corrected chi connectivity index (χ2v) is 6.86. The van der Waals surface area contributed by atoms with Gasteiger partial charge in [-0.1, -0.05) is 0 Å². The number of alkyl halides is 1. The molecule has 1 aliphatic rings. The lowest BCUT2D eigenvalue weighted by Crippen LogP contribution is -2.55.